The molecule has 0 aliphatic carbocycles. The van der Waals surface area contributed by atoms with E-state index in [1.54, 1.807) is 0 Å². The highest BCUT2D eigenvalue weighted by molar-refractivity contribution is 5.85. The number of anilines is 1. The molecule has 2 rings (SSSR count). The minimum absolute atomic E-state index is 0.818. The van der Waals surface area contributed by atoms with Gasteiger partial charge in [-0.15, -0.1) is 0 Å². The highest BCUT2D eigenvalue weighted by Gasteiger charge is 2.18. The SMILES string of the molecule is CCCN1CCN(c2ccc(C)cc2C=O)CC1. The summed E-state index contributed by atoms with van der Waals surface area (Å²) in [5, 5.41) is 0. The number of carbonyl (C=O) groups is 1. The second kappa shape index (κ2) is 6.01. The summed E-state index contributed by atoms with van der Waals surface area (Å²) in [7, 11) is 0. The van der Waals surface area contributed by atoms with Gasteiger partial charge in [-0.05, 0) is 32.0 Å². The third kappa shape index (κ3) is 2.91. The molecule has 0 spiro atoms. The lowest BCUT2D eigenvalue weighted by atomic mass is 10.1. The molecule has 0 amide bonds. The third-order valence-electron chi connectivity index (χ3n) is 3.56. The van der Waals surface area contributed by atoms with Gasteiger partial charge in [0.25, 0.3) is 0 Å². The van der Waals surface area contributed by atoms with Gasteiger partial charge in [0.1, 0.15) is 0 Å². The number of carbonyl (C=O) groups excluding carboxylic acids is 1. The van der Waals surface area contributed by atoms with Crippen LogP contribution in [0, 0.1) is 6.92 Å². The maximum atomic E-state index is 11.2. The van der Waals surface area contributed by atoms with Crippen LogP contribution in [0.25, 0.3) is 0 Å². The molecule has 0 radical (unpaired) electrons. The zero-order chi connectivity index (χ0) is 13.0. The summed E-state index contributed by atoms with van der Waals surface area (Å²) in [6.07, 6.45) is 2.19. The number of aldehydes is 1. The lowest BCUT2D eigenvalue weighted by molar-refractivity contribution is 0.112. The normalized spacial score (nSPS) is 16.9. The van der Waals surface area contributed by atoms with Gasteiger partial charge in [-0.2, -0.15) is 0 Å². The predicted molar refractivity (Wildman–Crippen MR) is 75.5 cm³/mol. The van der Waals surface area contributed by atoms with Gasteiger partial charge in [-0.3, -0.25) is 9.69 Å². The number of nitrogens with zero attached hydrogens (tertiary/aromatic N) is 2. The van der Waals surface area contributed by atoms with Crippen LogP contribution in [-0.4, -0.2) is 43.9 Å². The Morgan fingerprint density at radius 3 is 2.56 bits per heavy atom. The van der Waals surface area contributed by atoms with Crippen molar-refractivity contribution >= 4 is 12.0 Å². The second-order valence-corrected chi connectivity index (χ2v) is 5.01. The fourth-order valence-electron chi connectivity index (χ4n) is 2.58. The zero-order valence-corrected chi connectivity index (χ0v) is 11.4. The maximum Gasteiger partial charge on any atom is 0.152 e. The molecule has 0 aromatic heterocycles. The van der Waals surface area contributed by atoms with Crippen LogP contribution >= 0.6 is 0 Å². The Morgan fingerprint density at radius 1 is 1.22 bits per heavy atom. The molecule has 0 N–H and O–H groups in total. The number of rotatable bonds is 4. The van der Waals surface area contributed by atoms with Gasteiger partial charge in [0, 0.05) is 37.4 Å². The molecule has 1 heterocycles. The minimum Gasteiger partial charge on any atom is -0.368 e. The molecule has 3 nitrogen and oxygen atoms in total. The van der Waals surface area contributed by atoms with Crippen LogP contribution in [0.3, 0.4) is 0 Å². The number of benzene rings is 1. The summed E-state index contributed by atoms with van der Waals surface area (Å²) in [5.74, 6) is 0. The molecule has 0 unspecified atom stereocenters. The van der Waals surface area contributed by atoms with Crippen molar-refractivity contribution < 1.29 is 4.79 Å². The highest BCUT2D eigenvalue weighted by atomic mass is 16.1. The zero-order valence-electron chi connectivity index (χ0n) is 11.4. The maximum absolute atomic E-state index is 11.2. The first-order valence-electron chi connectivity index (χ1n) is 6.77. The fourth-order valence-corrected chi connectivity index (χ4v) is 2.58. The van der Waals surface area contributed by atoms with Crippen molar-refractivity contribution in [3.05, 3.63) is 29.3 Å². The quantitative estimate of drug-likeness (QED) is 0.762. The summed E-state index contributed by atoms with van der Waals surface area (Å²) in [6, 6.07) is 6.13. The van der Waals surface area contributed by atoms with Crippen LogP contribution in [0.4, 0.5) is 5.69 Å². The first-order valence-corrected chi connectivity index (χ1v) is 6.77. The Morgan fingerprint density at radius 2 is 1.94 bits per heavy atom. The minimum atomic E-state index is 0.818. The van der Waals surface area contributed by atoms with Gasteiger partial charge in [0.2, 0.25) is 0 Å². The van der Waals surface area contributed by atoms with Crippen molar-refractivity contribution in [3.8, 4) is 0 Å². The molecule has 0 atom stereocenters. The number of hydrogen-bond donors (Lipinski definition) is 0. The van der Waals surface area contributed by atoms with Crippen LogP contribution in [0.15, 0.2) is 18.2 Å². The van der Waals surface area contributed by atoms with Crippen molar-refractivity contribution in [1.29, 1.82) is 0 Å². The molecular formula is C15H22N2O. The Bertz CT molecular complexity index is 409. The van der Waals surface area contributed by atoms with E-state index in [4.69, 9.17) is 0 Å². The lowest BCUT2D eigenvalue weighted by Crippen LogP contribution is -2.46. The number of hydrogen-bond acceptors (Lipinski definition) is 3. The second-order valence-electron chi connectivity index (χ2n) is 5.01. The van der Waals surface area contributed by atoms with E-state index in [1.807, 2.05) is 13.0 Å². The Balaban J connectivity index is 2.07. The molecule has 0 saturated carbocycles. The molecule has 0 bridgehead atoms. The molecule has 1 aromatic rings. The summed E-state index contributed by atoms with van der Waals surface area (Å²) in [5.41, 5.74) is 3.05. The molecule has 1 aliphatic rings. The van der Waals surface area contributed by atoms with E-state index in [9.17, 15) is 4.79 Å². The highest BCUT2D eigenvalue weighted by Crippen LogP contribution is 2.22. The van der Waals surface area contributed by atoms with Gasteiger partial charge in [-0.25, -0.2) is 0 Å². The van der Waals surface area contributed by atoms with Crippen molar-refractivity contribution in [1.82, 2.24) is 4.90 Å². The fraction of sp³-hybridized carbons (Fsp3) is 0.533. The standard InChI is InChI=1S/C15H22N2O/c1-3-6-16-7-9-17(10-8-16)15-5-4-13(2)11-14(15)12-18/h4-5,11-12H,3,6-10H2,1-2H3. The van der Waals surface area contributed by atoms with Gasteiger partial charge in [0.05, 0.1) is 0 Å². The lowest BCUT2D eigenvalue weighted by Gasteiger charge is -2.36. The van der Waals surface area contributed by atoms with E-state index >= 15 is 0 Å². The first kappa shape index (κ1) is 13.1. The van der Waals surface area contributed by atoms with E-state index < -0.39 is 0 Å². The number of aryl methyl sites for hydroxylation is 1. The van der Waals surface area contributed by atoms with E-state index in [-0.39, 0.29) is 0 Å². The van der Waals surface area contributed by atoms with Crippen LogP contribution in [0.5, 0.6) is 0 Å². The van der Waals surface area contributed by atoms with Gasteiger partial charge in [0.15, 0.2) is 6.29 Å². The molecule has 98 valence electrons. The summed E-state index contributed by atoms with van der Waals surface area (Å²) >= 11 is 0. The summed E-state index contributed by atoms with van der Waals surface area (Å²) in [4.78, 5) is 16.0. The van der Waals surface area contributed by atoms with Crippen LogP contribution < -0.4 is 4.90 Å². The average molecular weight is 246 g/mol. The van der Waals surface area contributed by atoms with E-state index in [2.05, 4.69) is 28.9 Å². The summed E-state index contributed by atoms with van der Waals surface area (Å²) in [6.45, 7) is 9.66. The van der Waals surface area contributed by atoms with Gasteiger partial charge >= 0.3 is 0 Å². The van der Waals surface area contributed by atoms with Gasteiger partial charge in [-0.1, -0.05) is 18.6 Å². The van der Waals surface area contributed by atoms with Crippen molar-refractivity contribution in [2.45, 2.75) is 20.3 Å². The molecule has 1 saturated heterocycles. The van der Waals surface area contributed by atoms with Crippen LogP contribution in [0.2, 0.25) is 0 Å². The smallest absolute Gasteiger partial charge is 0.152 e. The number of piperazine rings is 1. The Hall–Kier alpha value is -1.35. The summed E-state index contributed by atoms with van der Waals surface area (Å²) < 4.78 is 0. The largest absolute Gasteiger partial charge is 0.368 e. The Kier molecular flexibility index (Phi) is 4.37. The van der Waals surface area contributed by atoms with Crippen LogP contribution in [-0.2, 0) is 0 Å². The van der Waals surface area contributed by atoms with Crippen LogP contribution in [0.1, 0.15) is 29.3 Å². The van der Waals surface area contributed by atoms with E-state index in [0.717, 1.165) is 49.3 Å². The molecule has 3 heteroatoms. The van der Waals surface area contributed by atoms with Crippen molar-refractivity contribution in [3.63, 3.8) is 0 Å². The van der Waals surface area contributed by atoms with Crippen molar-refractivity contribution in [2.75, 3.05) is 37.6 Å². The van der Waals surface area contributed by atoms with E-state index in [1.165, 1.54) is 13.0 Å². The molecule has 1 aliphatic heterocycles. The monoisotopic (exact) mass is 246 g/mol. The predicted octanol–water partition coefficient (Wildman–Crippen LogP) is 2.34. The Labute approximate surface area is 109 Å². The average Bonchev–Trinajstić information content (AvgIpc) is 2.40. The molecule has 1 fully saturated rings. The van der Waals surface area contributed by atoms with Crippen molar-refractivity contribution in [2.24, 2.45) is 0 Å². The molecule has 18 heavy (non-hydrogen) atoms. The topological polar surface area (TPSA) is 23.6 Å². The first-order chi connectivity index (χ1) is 8.74. The molecular weight excluding hydrogens is 224 g/mol. The third-order valence-corrected chi connectivity index (χ3v) is 3.56. The van der Waals surface area contributed by atoms with Gasteiger partial charge < -0.3 is 4.90 Å². The van der Waals surface area contributed by atoms with E-state index in [0.29, 0.717) is 0 Å². The molecule has 1 aromatic carbocycles.